The van der Waals surface area contributed by atoms with Crippen LogP contribution in [0.4, 0.5) is 22.7 Å². The van der Waals surface area contributed by atoms with Crippen molar-refractivity contribution in [1.82, 2.24) is 4.90 Å². The van der Waals surface area contributed by atoms with E-state index in [4.69, 9.17) is 0 Å². The largest absolute Gasteiger partial charge is 0.361 e. The second-order valence-electron chi connectivity index (χ2n) is 7.52. The summed E-state index contributed by atoms with van der Waals surface area (Å²) in [5.41, 5.74) is 5.00. The van der Waals surface area contributed by atoms with Gasteiger partial charge in [0.2, 0.25) is 0 Å². The van der Waals surface area contributed by atoms with Crippen molar-refractivity contribution in [2.24, 2.45) is 0 Å². The molecular weight excluding hydrogens is 376 g/mol. The molecule has 2 aliphatic heterocycles. The maximum atomic E-state index is 2.38. The lowest BCUT2D eigenvalue weighted by Crippen LogP contribution is -2.23. The number of hydrogen-bond acceptors (Lipinski definition) is 5. The van der Waals surface area contributed by atoms with Gasteiger partial charge in [-0.1, -0.05) is 36.0 Å². The minimum atomic E-state index is 0.873. The Labute approximate surface area is 176 Å². The highest BCUT2D eigenvalue weighted by atomic mass is 32.2. The van der Waals surface area contributed by atoms with E-state index in [1.807, 2.05) is 11.8 Å². The molecule has 0 fully saturated rings. The molecule has 0 bridgehead atoms. The van der Waals surface area contributed by atoms with Crippen LogP contribution in [-0.4, -0.2) is 32.3 Å². The van der Waals surface area contributed by atoms with E-state index in [0.29, 0.717) is 0 Å². The van der Waals surface area contributed by atoms with Crippen LogP contribution < -0.4 is 14.7 Å². The molecule has 0 spiro atoms. The van der Waals surface area contributed by atoms with Gasteiger partial charge in [-0.05, 0) is 48.5 Å². The van der Waals surface area contributed by atoms with Crippen molar-refractivity contribution in [2.45, 2.75) is 9.79 Å². The Bertz CT molecular complexity index is 1060. The maximum Gasteiger partial charge on any atom is 0.0950 e. The summed E-state index contributed by atoms with van der Waals surface area (Å²) < 4.78 is 0. The third-order valence-electron chi connectivity index (χ3n) is 5.33. The second kappa shape index (κ2) is 7.41. The summed E-state index contributed by atoms with van der Waals surface area (Å²) in [6, 6.07) is 26.2. The highest BCUT2D eigenvalue weighted by Crippen LogP contribution is 2.41. The van der Waals surface area contributed by atoms with Gasteiger partial charge in [0, 0.05) is 47.7 Å². The zero-order valence-corrected chi connectivity index (χ0v) is 17.5. The molecule has 0 aromatic heterocycles. The van der Waals surface area contributed by atoms with Crippen molar-refractivity contribution in [2.75, 3.05) is 42.1 Å². The zero-order valence-electron chi connectivity index (χ0n) is 16.7. The van der Waals surface area contributed by atoms with Crippen molar-refractivity contribution >= 4 is 34.5 Å². The first kappa shape index (κ1) is 18.0. The first-order chi connectivity index (χ1) is 14.2. The summed E-state index contributed by atoms with van der Waals surface area (Å²) >= 11 is 1.81. The molecule has 0 atom stereocenters. The van der Waals surface area contributed by atoms with Crippen LogP contribution in [0.25, 0.3) is 0 Å². The molecule has 0 amide bonds. The van der Waals surface area contributed by atoms with Crippen molar-refractivity contribution < 1.29 is 0 Å². The van der Waals surface area contributed by atoms with Crippen molar-refractivity contribution in [3.8, 4) is 0 Å². The lowest BCUT2D eigenvalue weighted by molar-refractivity contribution is 0.495. The van der Waals surface area contributed by atoms with Crippen LogP contribution in [0.1, 0.15) is 0 Å². The third kappa shape index (κ3) is 3.54. The molecule has 0 N–H and O–H groups in total. The Balaban J connectivity index is 1.38. The Morgan fingerprint density at radius 1 is 0.690 bits per heavy atom. The molecule has 0 unspecified atom stereocenters. The summed E-state index contributed by atoms with van der Waals surface area (Å²) in [5, 5.41) is 0. The van der Waals surface area contributed by atoms with Crippen LogP contribution in [0.15, 0.2) is 95.0 Å². The lowest BCUT2D eigenvalue weighted by Gasteiger charge is -2.20. The van der Waals surface area contributed by atoms with E-state index in [1.54, 1.807) is 0 Å². The number of para-hydroxylation sites is 2. The molecule has 3 aromatic rings. The van der Waals surface area contributed by atoms with E-state index in [-0.39, 0.29) is 0 Å². The fourth-order valence-electron chi connectivity index (χ4n) is 3.87. The minimum absolute atomic E-state index is 0.873. The van der Waals surface area contributed by atoms with Gasteiger partial charge in [0.05, 0.1) is 24.7 Å². The van der Waals surface area contributed by atoms with Crippen LogP contribution in [-0.2, 0) is 0 Å². The van der Waals surface area contributed by atoms with E-state index >= 15 is 0 Å². The van der Waals surface area contributed by atoms with E-state index in [9.17, 15) is 0 Å². The monoisotopic (exact) mass is 400 g/mol. The van der Waals surface area contributed by atoms with Crippen LogP contribution in [0.3, 0.4) is 0 Å². The number of benzene rings is 3. The Hall–Kier alpha value is -3.05. The minimum Gasteiger partial charge on any atom is -0.361 e. The number of nitrogens with zero attached hydrogens (tertiary/aromatic N) is 4. The first-order valence-electron chi connectivity index (χ1n) is 9.78. The Morgan fingerprint density at radius 3 is 2.10 bits per heavy atom. The van der Waals surface area contributed by atoms with Gasteiger partial charge in [-0.15, -0.1) is 0 Å². The molecule has 4 nitrogen and oxygen atoms in total. The predicted octanol–water partition coefficient (Wildman–Crippen LogP) is 5.56. The van der Waals surface area contributed by atoms with E-state index in [2.05, 4.69) is 119 Å². The van der Waals surface area contributed by atoms with Gasteiger partial charge in [-0.3, -0.25) is 0 Å². The average molecular weight is 401 g/mol. The second-order valence-corrected chi connectivity index (χ2v) is 8.67. The average Bonchev–Trinajstić information content (AvgIpc) is 3.32. The molecule has 5 rings (SSSR count). The summed E-state index contributed by atoms with van der Waals surface area (Å²) in [7, 11) is 4.24. The summed E-state index contributed by atoms with van der Waals surface area (Å²) in [4.78, 5) is 11.6. The summed E-state index contributed by atoms with van der Waals surface area (Å²) in [6.45, 7) is 1.77. The maximum absolute atomic E-state index is 2.38. The number of anilines is 4. The molecule has 0 saturated heterocycles. The number of hydrogen-bond donors (Lipinski definition) is 0. The molecule has 0 saturated carbocycles. The molecule has 3 aromatic carbocycles. The van der Waals surface area contributed by atoms with Gasteiger partial charge in [0.1, 0.15) is 0 Å². The van der Waals surface area contributed by atoms with Crippen LogP contribution in [0.2, 0.25) is 0 Å². The Kier molecular flexibility index (Phi) is 4.60. The molecule has 29 heavy (non-hydrogen) atoms. The lowest BCUT2D eigenvalue weighted by atomic mass is 10.2. The van der Waals surface area contributed by atoms with Gasteiger partial charge < -0.3 is 19.6 Å². The molecule has 2 heterocycles. The normalized spacial score (nSPS) is 15.4. The predicted molar refractivity (Wildman–Crippen MR) is 123 cm³/mol. The van der Waals surface area contributed by atoms with Crippen molar-refractivity contribution in [1.29, 1.82) is 0 Å². The van der Waals surface area contributed by atoms with E-state index in [0.717, 1.165) is 13.3 Å². The van der Waals surface area contributed by atoms with Crippen LogP contribution in [0, 0.1) is 0 Å². The standard InChI is InChI=1S/C24H24N4S/c1-25-13-14-27(17-25)19-7-5-9-21(15-19)29-22-10-6-8-20(16-22)28-18-26(2)23-11-3-4-12-24(23)28/h3-16H,17-18H2,1-2H3. The molecule has 2 aliphatic rings. The van der Waals surface area contributed by atoms with Gasteiger partial charge in [0.15, 0.2) is 0 Å². The smallest absolute Gasteiger partial charge is 0.0950 e. The van der Waals surface area contributed by atoms with Crippen LogP contribution >= 0.6 is 11.8 Å². The summed E-state index contributed by atoms with van der Waals surface area (Å²) in [6.07, 6.45) is 4.24. The highest BCUT2D eigenvalue weighted by Gasteiger charge is 2.23. The highest BCUT2D eigenvalue weighted by molar-refractivity contribution is 7.99. The van der Waals surface area contributed by atoms with E-state index in [1.165, 1.54) is 32.5 Å². The third-order valence-corrected chi connectivity index (χ3v) is 6.31. The van der Waals surface area contributed by atoms with Crippen molar-refractivity contribution in [3.63, 3.8) is 0 Å². The SMILES string of the molecule is CN1C=CN(c2cccc(Sc3cccc(N4CN(C)c5ccccc54)c3)c2)C1. The van der Waals surface area contributed by atoms with Gasteiger partial charge in [-0.25, -0.2) is 0 Å². The summed E-state index contributed by atoms with van der Waals surface area (Å²) in [5.74, 6) is 0. The fraction of sp³-hybridized carbons (Fsp3) is 0.167. The van der Waals surface area contributed by atoms with Crippen LogP contribution in [0.5, 0.6) is 0 Å². The van der Waals surface area contributed by atoms with Gasteiger partial charge in [0.25, 0.3) is 0 Å². The fourth-order valence-corrected chi connectivity index (χ4v) is 4.80. The topological polar surface area (TPSA) is 13.0 Å². The number of rotatable bonds is 4. The van der Waals surface area contributed by atoms with Gasteiger partial charge in [-0.2, -0.15) is 0 Å². The van der Waals surface area contributed by atoms with Gasteiger partial charge >= 0.3 is 0 Å². The van der Waals surface area contributed by atoms with Crippen molar-refractivity contribution in [3.05, 3.63) is 85.2 Å². The molecule has 0 radical (unpaired) electrons. The first-order valence-corrected chi connectivity index (χ1v) is 10.6. The molecule has 146 valence electrons. The molecular formula is C24H24N4S. The quantitative estimate of drug-likeness (QED) is 0.567. The molecule has 0 aliphatic carbocycles. The zero-order chi connectivity index (χ0) is 19.8. The Morgan fingerprint density at radius 2 is 1.38 bits per heavy atom. The number of fused-ring (bicyclic) bond motifs is 1. The van der Waals surface area contributed by atoms with E-state index < -0.39 is 0 Å². The molecule has 5 heteroatoms.